The van der Waals surface area contributed by atoms with Crippen LogP contribution in [0.1, 0.15) is 13.8 Å². The molecular weight excluding hydrogens is 255 g/mol. The standard InChI is InChI=1S/C2H6O2.C2H4O2.CH3.2H2N.Rh/c2*1-2(3)4;;;;/h2-4H,1H3;1H3,(H,3,4);1H3;2*1H2;/q;;3*-1;+3. The van der Waals surface area contributed by atoms with Crippen LogP contribution >= 0.6 is 0 Å². The molecule has 0 amide bonds. The smallest absolute Gasteiger partial charge is 0.693 e. The summed E-state index contributed by atoms with van der Waals surface area (Å²) in [6.07, 6.45) is -1.17. The van der Waals surface area contributed by atoms with Crippen molar-refractivity contribution in [2.45, 2.75) is 20.1 Å². The zero-order valence-electron chi connectivity index (χ0n) is 7.32. The normalized spacial score (nSPS) is 5.08. The van der Waals surface area contributed by atoms with Crippen molar-refractivity contribution >= 4 is 5.97 Å². The molecule has 0 saturated heterocycles. The molecule has 12 heavy (non-hydrogen) atoms. The van der Waals surface area contributed by atoms with Crippen LogP contribution in [-0.4, -0.2) is 27.6 Å². The molecular formula is C5H17N2O4Rh. The van der Waals surface area contributed by atoms with Crippen LogP contribution in [0.15, 0.2) is 0 Å². The summed E-state index contributed by atoms with van der Waals surface area (Å²) in [7, 11) is 0. The second-order valence-electron chi connectivity index (χ2n) is 1.15. The molecule has 0 unspecified atom stereocenters. The van der Waals surface area contributed by atoms with E-state index in [4.69, 9.17) is 20.1 Å². The number of hydrogen-bond donors (Lipinski definition) is 3. The number of nitrogens with two attached hydrogens (primary N) is 2. The van der Waals surface area contributed by atoms with Gasteiger partial charge in [-0.15, -0.1) is 0 Å². The Hall–Kier alpha value is -0.0666. The van der Waals surface area contributed by atoms with E-state index in [2.05, 4.69) is 0 Å². The summed E-state index contributed by atoms with van der Waals surface area (Å²) in [5.74, 6) is -0.833. The van der Waals surface area contributed by atoms with Crippen LogP contribution in [-0.2, 0) is 24.3 Å². The van der Waals surface area contributed by atoms with Crippen molar-refractivity contribution in [2.75, 3.05) is 0 Å². The van der Waals surface area contributed by atoms with Crippen LogP contribution in [0.5, 0.6) is 0 Å². The van der Waals surface area contributed by atoms with Gasteiger partial charge in [-0.3, -0.25) is 4.79 Å². The van der Waals surface area contributed by atoms with Gasteiger partial charge in [0, 0.05) is 6.92 Å². The minimum Gasteiger partial charge on any atom is -0.693 e. The number of carboxylic acids is 1. The Labute approximate surface area is 85.9 Å². The molecule has 0 atom stereocenters. The largest absolute Gasteiger partial charge is 3.00 e. The first-order chi connectivity index (χ1) is 3.46. The summed E-state index contributed by atoms with van der Waals surface area (Å²) in [6.45, 7) is 2.36. The van der Waals surface area contributed by atoms with Gasteiger partial charge in [-0.2, -0.15) is 0 Å². The van der Waals surface area contributed by atoms with E-state index in [9.17, 15) is 0 Å². The van der Waals surface area contributed by atoms with E-state index < -0.39 is 12.3 Å². The zero-order chi connectivity index (χ0) is 7.15. The van der Waals surface area contributed by atoms with E-state index in [1.807, 2.05) is 0 Å². The quantitative estimate of drug-likeness (QED) is 0.346. The second kappa shape index (κ2) is 30.6. The molecule has 0 saturated carbocycles. The molecule has 0 fully saturated rings. The minimum absolute atomic E-state index is 0. The average Bonchev–Trinajstić information content (AvgIpc) is 1.25. The Bertz CT molecular complexity index is 65.7. The van der Waals surface area contributed by atoms with Gasteiger partial charge in [0.1, 0.15) is 6.29 Å². The predicted octanol–water partition coefficient (Wildman–Crippen LogP) is 1.29. The molecule has 0 aliphatic carbocycles. The van der Waals surface area contributed by atoms with Crippen molar-refractivity contribution in [2.24, 2.45) is 0 Å². The molecule has 0 heterocycles. The van der Waals surface area contributed by atoms with E-state index in [-0.39, 0.29) is 39.2 Å². The number of aliphatic hydroxyl groups is 2. The van der Waals surface area contributed by atoms with Crippen molar-refractivity contribution in [1.82, 2.24) is 0 Å². The molecule has 7 heteroatoms. The molecule has 0 rings (SSSR count). The van der Waals surface area contributed by atoms with Crippen molar-refractivity contribution in [3.8, 4) is 0 Å². The summed E-state index contributed by atoms with van der Waals surface area (Å²) >= 11 is 0. The number of rotatable bonds is 0. The van der Waals surface area contributed by atoms with E-state index in [1.165, 1.54) is 6.92 Å². The predicted molar refractivity (Wildman–Crippen MR) is 44.2 cm³/mol. The van der Waals surface area contributed by atoms with Gasteiger partial charge in [0.2, 0.25) is 0 Å². The Morgan fingerprint density at radius 1 is 1.25 bits per heavy atom. The van der Waals surface area contributed by atoms with Crippen molar-refractivity contribution < 1.29 is 39.6 Å². The molecule has 6 nitrogen and oxygen atoms in total. The fraction of sp³-hybridized carbons (Fsp3) is 0.600. The Balaban J connectivity index is -0.0000000112. The molecule has 0 aromatic carbocycles. The number of aliphatic hydroxyl groups excluding tert-OH is 1. The molecule has 80 valence electrons. The van der Waals surface area contributed by atoms with Crippen LogP contribution in [0.2, 0.25) is 0 Å². The minimum atomic E-state index is -1.17. The molecule has 0 aliphatic rings. The van der Waals surface area contributed by atoms with E-state index in [0.29, 0.717) is 0 Å². The first-order valence-electron chi connectivity index (χ1n) is 2.02. The van der Waals surface area contributed by atoms with Crippen molar-refractivity contribution in [1.29, 1.82) is 0 Å². The molecule has 0 radical (unpaired) electrons. The summed E-state index contributed by atoms with van der Waals surface area (Å²) in [6, 6.07) is 0. The fourth-order valence-electron chi connectivity index (χ4n) is 0. The van der Waals surface area contributed by atoms with Crippen molar-refractivity contribution in [3.63, 3.8) is 0 Å². The third-order valence-corrected chi connectivity index (χ3v) is 0. The molecule has 7 N–H and O–H groups in total. The van der Waals surface area contributed by atoms with Crippen LogP contribution < -0.4 is 0 Å². The molecule has 0 aliphatic heterocycles. The monoisotopic (exact) mass is 272 g/mol. The first-order valence-corrected chi connectivity index (χ1v) is 2.02. The van der Waals surface area contributed by atoms with Crippen LogP contribution in [0.25, 0.3) is 12.3 Å². The topological polar surface area (TPSA) is 145 Å². The Morgan fingerprint density at radius 3 is 1.25 bits per heavy atom. The average molecular weight is 272 g/mol. The molecule has 0 spiro atoms. The third-order valence-electron chi connectivity index (χ3n) is 0. The maximum atomic E-state index is 9.00. The van der Waals surface area contributed by atoms with Gasteiger partial charge >= 0.3 is 19.5 Å². The number of carbonyl (C=O) groups is 1. The maximum absolute atomic E-state index is 9.00. The van der Waals surface area contributed by atoms with Gasteiger partial charge in [0.05, 0.1) is 0 Å². The summed E-state index contributed by atoms with van der Waals surface area (Å²) < 4.78 is 0. The molecule has 0 bridgehead atoms. The maximum Gasteiger partial charge on any atom is 3.00 e. The molecule has 0 aromatic rings. The van der Waals surface area contributed by atoms with Crippen LogP contribution in [0, 0.1) is 7.43 Å². The van der Waals surface area contributed by atoms with Gasteiger partial charge in [-0.05, 0) is 6.92 Å². The number of aliphatic carboxylic acids is 1. The SMILES string of the molecule is CC(=O)O.CC(O)O.[CH3-].[NH2-].[NH2-].[Rh+3]. The van der Waals surface area contributed by atoms with E-state index in [1.54, 1.807) is 0 Å². The summed E-state index contributed by atoms with van der Waals surface area (Å²) in [4.78, 5) is 9.00. The number of hydrogen-bond acceptors (Lipinski definition) is 3. The third kappa shape index (κ3) is 179000. The molecule has 0 aromatic heterocycles. The van der Waals surface area contributed by atoms with Crippen LogP contribution in [0.4, 0.5) is 0 Å². The van der Waals surface area contributed by atoms with E-state index in [0.717, 1.165) is 6.92 Å². The van der Waals surface area contributed by atoms with Crippen molar-refractivity contribution in [3.05, 3.63) is 19.7 Å². The zero-order valence-corrected chi connectivity index (χ0v) is 8.95. The van der Waals surface area contributed by atoms with Gasteiger partial charge < -0.3 is 35.0 Å². The van der Waals surface area contributed by atoms with Gasteiger partial charge in [-0.25, -0.2) is 0 Å². The van der Waals surface area contributed by atoms with E-state index >= 15 is 0 Å². The second-order valence-corrected chi connectivity index (χ2v) is 1.15. The van der Waals surface area contributed by atoms with Crippen LogP contribution in [0.3, 0.4) is 0 Å². The number of carboxylic acid groups (broad SMARTS) is 1. The first kappa shape index (κ1) is 40.5. The Morgan fingerprint density at radius 2 is 1.25 bits per heavy atom. The summed E-state index contributed by atoms with van der Waals surface area (Å²) in [5, 5.41) is 22.6. The Kier molecular flexibility index (Phi) is 103. The van der Waals surface area contributed by atoms with Gasteiger partial charge in [0.25, 0.3) is 5.97 Å². The van der Waals surface area contributed by atoms with Gasteiger partial charge in [-0.1, -0.05) is 0 Å². The van der Waals surface area contributed by atoms with Gasteiger partial charge in [0.15, 0.2) is 0 Å². The summed E-state index contributed by atoms with van der Waals surface area (Å²) in [5.41, 5.74) is 0. The fourth-order valence-corrected chi connectivity index (χ4v) is 0.